The molecule has 0 aromatic heterocycles. The molecule has 0 radical (unpaired) electrons. The third kappa shape index (κ3) is 41.1. The maximum absolute atomic E-state index is 12.3. The summed E-state index contributed by atoms with van der Waals surface area (Å²) in [5.74, 6) is -2.48. The number of esters is 1. The highest BCUT2D eigenvalue weighted by atomic mass is 31.2. The molecule has 12 heteroatoms. The van der Waals surface area contributed by atoms with Gasteiger partial charge in [0.1, 0.15) is 12.7 Å². The predicted octanol–water partition coefficient (Wildman–Crippen LogP) is 11.7. The summed E-state index contributed by atoms with van der Waals surface area (Å²) in [5.41, 5.74) is 0. The van der Waals surface area contributed by atoms with E-state index in [1.807, 2.05) is 12.2 Å². The monoisotopic (exact) mass is 860 g/mol. The van der Waals surface area contributed by atoms with Crippen molar-refractivity contribution in [2.24, 2.45) is 0 Å². The second-order valence-electron chi connectivity index (χ2n) is 14.5. The number of amides is 1. The molecule has 0 heterocycles. The fourth-order valence-electron chi connectivity index (χ4n) is 5.41. The Labute approximate surface area is 362 Å². The molecule has 0 saturated carbocycles. The smallest absolute Gasteiger partial charge is 0.472 e. The van der Waals surface area contributed by atoms with Crippen molar-refractivity contribution in [3.63, 3.8) is 0 Å². The van der Waals surface area contributed by atoms with Crippen LogP contribution in [0, 0.1) is 0 Å². The molecule has 4 N–H and O–H groups in total. The minimum Gasteiger partial charge on any atom is -0.480 e. The van der Waals surface area contributed by atoms with Gasteiger partial charge in [-0.2, -0.15) is 0 Å². The van der Waals surface area contributed by atoms with Gasteiger partial charge >= 0.3 is 19.8 Å². The molecule has 0 spiro atoms. The largest absolute Gasteiger partial charge is 0.480 e. The molecule has 340 valence electrons. The van der Waals surface area contributed by atoms with Gasteiger partial charge in [-0.3, -0.25) is 18.6 Å². The lowest BCUT2D eigenvalue weighted by molar-refractivity contribution is -0.147. The van der Waals surface area contributed by atoms with Gasteiger partial charge in [-0.1, -0.05) is 150 Å². The normalized spacial score (nSPS) is 14.6. The standard InChI is InChI=1S/C48H78NO10P/c1-3-5-7-9-11-13-15-17-18-19-20-21-22-23-24-25-26-28-29-31-33-35-37-39-46(51)49-45(48(53)54)43-59-60(55,56)58-42-44(50)41-57-47(52)40-38-36-34-32-30-27-16-14-12-10-8-6-4-2/h5,7,11,13-14,16-18,20-21,23-24,26,28,31,33,44-45,50H,3-4,6,8-10,12,15,19,22,25,27,29-30,32,34-43H2,1-2H3,(H,49,51)(H,53,54)(H,55,56)/b7-5-,13-11-,16-14-,18-17-,21-20-,24-23-,28-26-,33-31-. The van der Waals surface area contributed by atoms with Crippen LogP contribution in [-0.4, -0.2) is 64.9 Å². The van der Waals surface area contributed by atoms with Gasteiger partial charge in [0.15, 0.2) is 6.04 Å². The number of carboxylic acids is 1. The molecule has 3 atom stereocenters. The molecule has 0 saturated heterocycles. The van der Waals surface area contributed by atoms with E-state index in [1.54, 1.807) is 0 Å². The van der Waals surface area contributed by atoms with E-state index in [4.69, 9.17) is 13.8 Å². The Morgan fingerprint density at radius 3 is 1.50 bits per heavy atom. The third-order valence-electron chi connectivity index (χ3n) is 8.86. The molecule has 0 aromatic rings. The SMILES string of the molecule is CC/C=C\C/C=C\C/C=C\C/C=C\C/C=C\C/C=C\C/C=C\CCCC(=O)NC(COP(=O)(O)OCC(O)COC(=O)CCCCCCC/C=C\CCCCCC)C(=O)O. The lowest BCUT2D eigenvalue weighted by Crippen LogP contribution is -2.43. The van der Waals surface area contributed by atoms with Crippen LogP contribution in [0.3, 0.4) is 0 Å². The molecule has 0 aliphatic heterocycles. The highest BCUT2D eigenvalue weighted by Crippen LogP contribution is 2.43. The average Bonchev–Trinajstić information content (AvgIpc) is 3.22. The minimum atomic E-state index is -4.78. The topological polar surface area (TPSA) is 169 Å². The summed E-state index contributed by atoms with van der Waals surface area (Å²) >= 11 is 0. The van der Waals surface area contributed by atoms with E-state index in [-0.39, 0.29) is 12.8 Å². The van der Waals surface area contributed by atoms with Crippen molar-refractivity contribution in [1.82, 2.24) is 5.32 Å². The average molecular weight is 860 g/mol. The van der Waals surface area contributed by atoms with Crippen LogP contribution < -0.4 is 5.32 Å². The molecule has 0 aromatic carbocycles. The van der Waals surface area contributed by atoms with Crippen LogP contribution in [0.4, 0.5) is 0 Å². The zero-order valence-electron chi connectivity index (χ0n) is 36.7. The number of aliphatic hydroxyl groups is 1. The molecular weight excluding hydrogens is 781 g/mol. The summed E-state index contributed by atoms with van der Waals surface area (Å²) in [6, 6.07) is -1.59. The molecule has 60 heavy (non-hydrogen) atoms. The summed E-state index contributed by atoms with van der Waals surface area (Å²) < 4.78 is 26.8. The first-order valence-electron chi connectivity index (χ1n) is 22.3. The van der Waals surface area contributed by atoms with E-state index < -0.39 is 57.6 Å². The number of carbonyl (C=O) groups is 3. The number of allylic oxidation sites excluding steroid dienone is 16. The Balaban J connectivity index is 4.04. The lowest BCUT2D eigenvalue weighted by Gasteiger charge is -2.18. The van der Waals surface area contributed by atoms with Crippen LogP contribution in [0.15, 0.2) is 97.2 Å². The summed E-state index contributed by atoms with van der Waals surface area (Å²) in [4.78, 5) is 45.9. The van der Waals surface area contributed by atoms with Gasteiger partial charge < -0.3 is 25.2 Å². The minimum absolute atomic E-state index is 0.0589. The molecule has 0 rings (SSSR count). The Bertz CT molecular complexity index is 1380. The van der Waals surface area contributed by atoms with E-state index in [0.29, 0.717) is 19.3 Å². The van der Waals surface area contributed by atoms with E-state index in [9.17, 15) is 34.1 Å². The number of phosphoric acid groups is 1. The molecular formula is C48H78NO10P. The van der Waals surface area contributed by atoms with Gasteiger partial charge in [0.2, 0.25) is 5.91 Å². The molecule has 0 bridgehead atoms. The fourth-order valence-corrected chi connectivity index (χ4v) is 6.19. The lowest BCUT2D eigenvalue weighted by atomic mass is 10.1. The number of unbranched alkanes of at least 4 members (excludes halogenated alkanes) is 10. The van der Waals surface area contributed by atoms with Crippen molar-refractivity contribution >= 4 is 25.7 Å². The first kappa shape index (κ1) is 56.4. The maximum Gasteiger partial charge on any atom is 0.472 e. The van der Waals surface area contributed by atoms with Crippen molar-refractivity contribution in [2.45, 2.75) is 167 Å². The van der Waals surface area contributed by atoms with E-state index >= 15 is 0 Å². The van der Waals surface area contributed by atoms with Crippen LogP contribution in [0.25, 0.3) is 0 Å². The molecule has 3 unspecified atom stereocenters. The fraction of sp³-hybridized carbons (Fsp3) is 0.604. The Morgan fingerprint density at radius 1 is 0.550 bits per heavy atom. The zero-order chi connectivity index (χ0) is 44.2. The van der Waals surface area contributed by atoms with Crippen molar-refractivity contribution in [2.75, 3.05) is 19.8 Å². The number of carbonyl (C=O) groups excluding carboxylic acids is 2. The number of aliphatic hydroxyl groups excluding tert-OH is 1. The van der Waals surface area contributed by atoms with Crippen molar-refractivity contribution < 1.29 is 47.8 Å². The van der Waals surface area contributed by atoms with E-state index in [1.165, 1.54) is 25.7 Å². The Morgan fingerprint density at radius 2 is 0.983 bits per heavy atom. The number of aliphatic carboxylic acids is 1. The van der Waals surface area contributed by atoms with Gasteiger partial charge in [0, 0.05) is 12.8 Å². The van der Waals surface area contributed by atoms with E-state index in [2.05, 4.69) is 104 Å². The third-order valence-corrected chi connectivity index (χ3v) is 9.81. The maximum atomic E-state index is 12.3. The summed E-state index contributed by atoms with van der Waals surface area (Å²) in [7, 11) is -4.78. The first-order valence-corrected chi connectivity index (χ1v) is 23.8. The Kier molecular flexibility index (Phi) is 39.6. The number of hydrogen-bond donors (Lipinski definition) is 4. The van der Waals surface area contributed by atoms with Gasteiger partial charge in [-0.05, 0) is 89.9 Å². The van der Waals surface area contributed by atoms with Crippen molar-refractivity contribution in [1.29, 1.82) is 0 Å². The molecule has 0 fully saturated rings. The first-order chi connectivity index (χ1) is 29.1. The van der Waals surface area contributed by atoms with Crippen molar-refractivity contribution in [3.8, 4) is 0 Å². The molecule has 0 aliphatic carbocycles. The van der Waals surface area contributed by atoms with Gasteiger partial charge in [0.05, 0.1) is 13.2 Å². The summed E-state index contributed by atoms with van der Waals surface area (Å²) in [6.45, 7) is 2.39. The number of hydrogen-bond acceptors (Lipinski definition) is 8. The van der Waals surface area contributed by atoms with Crippen LogP contribution in [0.1, 0.15) is 155 Å². The summed E-state index contributed by atoms with van der Waals surface area (Å²) in [6.07, 6.45) is 53.0. The number of phosphoric ester groups is 1. The second-order valence-corrected chi connectivity index (χ2v) is 16.0. The van der Waals surface area contributed by atoms with Crippen LogP contribution in [0.2, 0.25) is 0 Å². The molecule has 11 nitrogen and oxygen atoms in total. The second kappa shape index (κ2) is 42.1. The number of ether oxygens (including phenoxy) is 1. The Hall–Kier alpha value is -3.60. The molecule has 1 amide bonds. The summed E-state index contributed by atoms with van der Waals surface area (Å²) in [5, 5.41) is 21.8. The van der Waals surface area contributed by atoms with Crippen LogP contribution >= 0.6 is 7.82 Å². The highest BCUT2D eigenvalue weighted by Gasteiger charge is 2.28. The van der Waals surface area contributed by atoms with Crippen LogP contribution in [-0.2, 0) is 32.7 Å². The van der Waals surface area contributed by atoms with E-state index in [0.717, 1.165) is 83.5 Å². The van der Waals surface area contributed by atoms with Crippen LogP contribution in [0.5, 0.6) is 0 Å². The van der Waals surface area contributed by atoms with Crippen molar-refractivity contribution in [3.05, 3.63) is 97.2 Å². The van der Waals surface area contributed by atoms with Gasteiger partial charge in [-0.15, -0.1) is 0 Å². The number of carboxylic acid groups (broad SMARTS) is 1. The quantitative estimate of drug-likeness (QED) is 0.0201. The van der Waals surface area contributed by atoms with Gasteiger partial charge in [-0.25, -0.2) is 9.36 Å². The zero-order valence-corrected chi connectivity index (χ0v) is 37.6. The predicted molar refractivity (Wildman–Crippen MR) is 244 cm³/mol. The highest BCUT2D eigenvalue weighted by molar-refractivity contribution is 7.47. The number of rotatable bonds is 40. The number of nitrogens with one attached hydrogen (secondary N) is 1. The molecule has 0 aliphatic rings. The van der Waals surface area contributed by atoms with Gasteiger partial charge in [0.25, 0.3) is 0 Å².